The van der Waals surface area contributed by atoms with Crippen LogP contribution in [0.25, 0.3) is 21.8 Å². The number of nitrogens with two attached hydrogens (primary N) is 1. The Kier molecular flexibility index (Phi) is 31.3. The first kappa shape index (κ1) is 78.0. The van der Waals surface area contributed by atoms with E-state index in [9.17, 15) is 47.9 Å². The van der Waals surface area contributed by atoms with Gasteiger partial charge in [0.05, 0.1) is 104 Å². The molecule has 5 N–H and O–H groups in total. The summed E-state index contributed by atoms with van der Waals surface area (Å²) < 4.78 is 40.4. The van der Waals surface area contributed by atoms with Gasteiger partial charge in [0.25, 0.3) is 11.1 Å². The molecule has 2 aromatic heterocycles. The minimum Gasteiger partial charge on any atom is -0.465 e. The third kappa shape index (κ3) is 21.4. The molecule has 23 nitrogen and oxygen atoms in total. The van der Waals surface area contributed by atoms with Crippen LogP contribution >= 0.6 is 0 Å². The number of anilines is 2. The number of nitrogens with one attached hydrogen (secondary N) is 3. The second-order valence-electron chi connectivity index (χ2n) is 24.6. The van der Waals surface area contributed by atoms with Crippen molar-refractivity contribution in [3.63, 3.8) is 0 Å². The maximum Gasteiger partial charge on any atom is 0.340 e. The van der Waals surface area contributed by atoms with Gasteiger partial charge in [0.1, 0.15) is 17.5 Å². The van der Waals surface area contributed by atoms with Gasteiger partial charge in [0.15, 0.2) is 0 Å². The molecule has 4 atom stereocenters. The number of hydrogen-bond donors (Lipinski definition) is 4. The number of Topliss-reactive ketones (excluding diaryl/α,β-unsaturated/α-hetero) is 2. The van der Waals surface area contributed by atoms with Crippen LogP contribution < -0.4 is 22.2 Å². The number of allylic oxidation sites excluding steroid dienone is 1. The van der Waals surface area contributed by atoms with E-state index in [0.29, 0.717) is 103 Å². The molecular formula is C77H97N5O18. The van der Waals surface area contributed by atoms with E-state index in [4.69, 9.17) is 43.6 Å². The Morgan fingerprint density at radius 2 is 1.00 bits per heavy atom. The highest BCUT2D eigenvalue weighted by molar-refractivity contribution is 6.10. The smallest absolute Gasteiger partial charge is 0.340 e. The van der Waals surface area contributed by atoms with Crippen LogP contribution in [0.5, 0.6) is 0 Å². The molecule has 4 aromatic carbocycles. The number of carbonyl (C=O) groups excluding carboxylic acids is 8. The fourth-order valence-corrected chi connectivity index (χ4v) is 13.0. The van der Waals surface area contributed by atoms with Crippen LogP contribution in [0.1, 0.15) is 181 Å². The van der Waals surface area contributed by atoms with E-state index in [1.807, 2.05) is 24.3 Å². The Bertz CT molecular complexity index is 3960. The van der Waals surface area contributed by atoms with E-state index in [1.165, 1.54) is 25.6 Å². The van der Waals surface area contributed by atoms with Crippen LogP contribution in [0.2, 0.25) is 0 Å². The molecule has 6 aromatic rings. The van der Waals surface area contributed by atoms with Crippen LogP contribution in [0.4, 0.5) is 11.4 Å². The summed E-state index contributed by atoms with van der Waals surface area (Å²) in [7, 11) is 4.80. The number of nitrogens with zero attached hydrogens (tertiary/aromatic N) is 1. The SMILES string of the molecule is CCOC(=O)C1CCCCC1=O.CCOC(=O)c1cccc2c3c(c(=O)[nH]c12)CCCC3.CCOC(=O)c1ccccc1N.CCOC(=O)c1ccccc1NC(=O)C1CCCCC1=O.COC(=O)c1cccc2c3c(c(=O)[nH]c12)CC(OC)CC3.COC1CC=C(N2CCOCC2)CC1. The standard InChI is InChI=1S/C16H17NO4.C16H19NO4.C16H17NO3.C11H19NO2.C9H11NO2.C9H14O3/c1-20-9-6-7-10-11-4-3-5-12(16(19)21-2)14(11)17-15(18)13(10)8-9;1-2-21-16(20)11-7-3-5-9-13(11)17-15(19)12-8-4-6-10-14(12)18;1-2-20-16(19)13-9-5-8-11-10-6-3-4-7-12(10)15(18)17-14(11)13;1-13-11-4-2-10(3-5-11)12-6-8-14-9-7-12;2*1-2-12-9(11)7-5-3-4-6-8(7)10/h3-5,9H,6-8H2,1-2H3,(H,17,18);3,5,7,9,12H,2,4,6,8,10H2,1H3,(H,17,19);5,8-9H,2-4,6-7H2,1H3,(H,17,18);2,11H,3-9H2,1H3;3-6H,2,10H2,1H3;7H,2-6H2,1H3. The number of aromatic amines is 2. The number of para-hydroxylation sites is 4. The quantitative estimate of drug-likeness (QED) is 0.0341. The number of nitrogen functional groups attached to an aromatic ring is 1. The molecular weight excluding hydrogens is 1280 g/mol. The number of benzene rings is 4. The van der Waals surface area contributed by atoms with E-state index in [1.54, 1.807) is 103 Å². The molecule has 0 radical (unpaired) electrons. The third-order valence-electron chi connectivity index (χ3n) is 18.2. The maximum atomic E-state index is 12.3. The van der Waals surface area contributed by atoms with Crippen LogP contribution in [-0.2, 0) is 82.8 Å². The number of pyridine rings is 2. The van der Waals surface area contributed by atoms with E-state index in [-0.39, 0.29) is 59.2 Å². The van der Waals surface area contributed by atoms with E-state index >= 15 is 0 Å². The number of amides is 1. The Hall–Kier alpha value is -9.32. The molecule has 100 heavy (non-hydrogen) atoms. The molecule has 1 amide bonds. The van der Waals surface area contributed by atoms with Crippen molar-refractivity contribution in [2.24, 2.45) is 11.8 Å². The van der Waals surface area contributed by atoms with Gasteiger partial charge in [0.2, 0.25) is 5.91 Å². The zero-order valence-corrected chi connectivity index (χ0v) is 58.7. The number of rotatable bonds is 14. The minimum absolute atomic E-state index is 0.0210. The van der Waals surface area contributed by atoms with Gasteiger partial charge in [0, 0.05) is 79.9 Å². The van der Waals surface area contributed by atoms with Crippen molar-refractivity contribution >= 4 is 80.5 Å². The predicted octanol–water partition coefficient (Wildman–Crippen LogP) is 11.1. The van der Waals surface area contributed by atoms with Crippen molar-refractivity contribution in [1.82, 2.24) is 14.9 Å². The molecule has 1 aliphatic heterocycles. The molecule has 1 saturated heterocycles. The summed E-state index contributed by atoms with van der Waals surface area (Å²) in [6.07, 6.45) is 18.3. The highest BCUT2D eigenvalue weighted by Crippen LogP contribution is 2.31. The summed E-state index contributed by atoms with van der Waals surface area (Å²) in [4.78, 5) is 126. The van der Waals surface area contributed by atoms with Gasteiger partial charge in [-0.1, -0.05) is 67.4 Å². The first-order chi connectivity index (χ1) is 48.4. The van der Waals surface area contributed by atoms with Crippen LogP contribution in [0, 0.1) is 11.8 Å². The number of ketones is 2. The second kappa shape index (κ2) is 40.1. The molecule has 12 rings (SSSR count). The van der Waals surface area contributed by atoms with Gasteiger partial charge in [-0.3, -0.25) is 28.8 Å². The number of carbonyl (C=O) groups is 8. The number of H-pyrrole nitrogens is 2. The Morgan fingerprint density at radius 1 is 0.510 bits per heavy atom. The zero-order valence-electron chi connectivity index (χ0n) is 58.7. The zero-order chi connectivity index (χ0) is 72.1. The number of fused-ring (bicyclic) bond motifs is 6. The topological polar surface area (TPSA) is 317 Å². The number of aromatic nitrogens is 2. The van der Waals surface area contributed by atoms with Crippen LogP contribution in [-0.4, -0.2) is 148 Å². The van der Waals surface area contributed by atoms with Gasteiger partial charge in [-0.05, 0) is 159 Å². The molecule has 6 aliphatic rings. The number of morpholine rings is 1. The third-order valence-corrected chi connectivity index (χ3v) is 18.2. The molecule has 3 heterocycles. The Morgan fingerprint density at radius 3 is 1.55 bits per heavy atom. The fourth-order valence-electron chi connectivity index (χ4n) is 13.0. The van der Waals surface area contributed by atoms with Gasteiger partial charge in [-0.15, -0.1) is 0 Å². The lowest BCUT2D eigenvalue weighted by Gasteiger charge is -2.34. The van der Waals surface area contributed by atoms with Crippen LogP contribution in [0.3, 0.4) is 0 Å². The molecule has 23 heteroatoms. The largest absolute Gasteiger partial charge is 0.465 e. The molecule has 0 bridgehead atoms. The summed E-state index contributed by atoms with van der Waals surface area (Å²) in [5, 5.41) is 4.58. The van der Waals surface area contributed by atoms with Gasteiger partial charge in [-0.25, -0.2) is 19.2 Å². The summed E-state index contributed by atoms with van der Waals surface area (Å²) in [5.74, 6) is -3.37. The average Bonchev–Trinajstić information content (AvgIpc) is 0.769. The summed E-state index contributed by atoms with van der Waals surface area (Å²) in [5.41, 5.74) is 14.2. The van der Waals surface area contributed by atoms with Crippen molar-refractivity contribution in [2.45, 2.75) is 155 Å². The molecule has 2 saturated carbocycles. The number of hydrogen-bond acceptors (Lipinski definition) is 20. The lowest BCUT2D eigenvalue weighted by molar-refractivity contribution is -0.152. The summed E-state index contributed by atoms with van der Waals surface area (Å²) in [6.45, 7) is 12.2. The summed E-state index contributed by atoms with van der Waals surface area (Å²) in [6, 6.07) is 24.4. The van der Waals surface area contributed by atoms with Gasteiger partial charge in [-0.2, -0.15) is 0 Å². The number of esters is 5. The minimum atomic E-state index is -0.603. The van der Waals surface area contributed by atoms with E-state index in [2.05, 4.69) is 26.3 Å². The lowest BCUT2D eigenvalue weighted by Crippen LogP contribution is -2.36. The van der Waals surface area contributed by atoms with E-state index < -0.39 is 23.8 Å². The number of methoxy groups -OCH3 is 3. The maximum absolute atomic E-state index is 12.3. The normalized spacial score (nSPS) is 18.3. The Balaban J connectivity index is 0.000000171. The van der Waals surface area contributed by atoms with Crippen LogP contribution in [0.15, 0.2) is 106 Å². The average molecular weight is 1380 g/mol. The fraction of sp³-hybridized carbons (Fsp3) is 0.481. The van der Waals surface area contributed by atoms with Gasteiger partial charge >= 0.3 is 29.8 Å². The van der Waals surface area contributed by atoms with E-state index in [0.717, 1.165) is 130 Å². The predicted molar refractivity (Wildman–Crippen MR) is 379 cm³/mol. The second-order valence-corrected chi connectivity index (χ2v) is 24.6. The van der Waals surface area contributed by atoms with Crippen molar-refractivity contribution in [3.05, 3.63) is 162 Å². The monoisotopic (exact) mass is 1380 g/mol. The lowest BCUT2D eigenvalue weighted by atomic mass is 9.87. The number of aryl methyl sites for hydroxylation is 2. The molecule has 0 spiro atoms. The molecule has 3 fully saturated rings. The molecule has 5 aliphatic carbocycles. The van der Waals surface area contributed by atoms with Crippen molar-refractivity contribution in [2.75, 3.05) is 85.1 Å². The van der Waals surface area contributed by atoms with Gasteiger partial charge < -0.3 is 63.8 Å². The first-order valence-electron chi connectivity index (χ1n) is 34.9. The summed E-state index contributed by atoms with van der Waals surface area (Å²) >= 11 is 0. The first-order valence-corrected chi connectivity index (χ1v) is 34.9. The molecule has 4 unspecified atom stereocenters. The van der Waals surface area contributed by atoms with Crippen molar-refractivity contribution in [1.29, 1.82) is 0 Å². The Labute approximate surface area is 583 Å². The molecule has 538 valence electrons. The highest BCUT2D eigenvalue weighted by atomic mass is 16.5. The van der Waals surface area contributed by atoms with Crippen molar-refractivity contribution in [3.8, 4) is 0 Å². The highest BCUT2D eigenvalue weighted by Gasteiger charge is 2.32. The van der Waals surface area contributed by atoms with Crippen molar-refractivity contribution < 1.29 is 76.3 Å². The number of ether oxygens (including phenoxy) is 8.